The molecular formula is C39H40Cl2Zr. The minimum atomic E-state index is -2.76. The van der Waals surface area contributed by atoms with Gasteiger partial charge in [-0.3, -0.25) is 0 Å². The first-order valence-corrected chi connectivity index (χ1v) is 18.3. The van der Waals surface area contributed by atoms with Crippen molar-refractivity contribution in [2.75, 3.05) is 0 Å². The van der Waals surface area contributed by atoms with Crippen LogP contribution in [0.4, 0.5) is 0 Å². The quantitative estimate of drug-likeness (QED) is 0.276. The van der Waals surface area contributed by atoms with E-state index in [-0.39, 0.29) is 30.2 Å². The van der Waals surface area contributed by atoms with Gasteiger partial charge in [-0.25, -0.2) is 0 Å². The molecule has 0 aliphatic heterocycles. The molecule has 6 rings (SSSR count). The third-order valence-corrected chi connectivity index (χ3v) is 17.3. The number of hydrogen-bond donors (Lipinski definition) is 0. The maximum atomic E-state index is 2.59. The van der Waals surface area contributed by atoms with E-state index in [1.807, 2.05) is 0 Å². The summed E-state index contributed by atoms with van der Waals surface area (Å²) in [4.78, 5) is 0. The van der Waals surface area contributed by atoms with Crippen molar-refractivity contribution in [1.29, 1.82) is 0 Å². The molecule has 0 saturated carbocycles. The first-order valence-electron chi connectivity index (χ1n) is 14.7. The minimum Gasteiger partial charge on any atom is -1.00 e. The minimum absolute atomic E-state index is 0. The Morgan fingerprint density at radius 2 is 1.24 bits per heavy atom. The van der Waals surface area contributed by atoms with Crippen LogP contribution in [0.15, 0.2) is 111 Å². The van der Waals surface area contributed by atoms with Crippen LogP contribution in [0.1, 0.15) is 68.0 Å². The van der Waals surface area contributed by atoms with Gasteiger partial charge in [0.05, 0.1) is 0 Å². The molecule has 3 heteroatoms. The molecule has 0 fully saturated rings. The van der Waals surface area contributed by atoms with Gasteiger partial charge < -0.3 is 24.8 Å². The van der Waals surface area contributed by atoms with Crippen LogP contribution in [0.2, 0.25) is 0 Å². The molecule has 1 unspecified atom stereocenters. The zero-order valence-electron chi connectivity index (χ0n) is 25.8. The van der Waals surface area contributed by atoms with E-state index in [9.17, 15) is 0 Å². The molecule has 0 N–H and O–H groups in total. The van der Waals surface area contributed by atoms with Crippen molar-refractivity contribution in [3.8, 4) is 11.1 Å². The molecule has 2 aliphatic carbocycles. The molecule has 2 aliphatic rings. The SMILES string of the molecule is CC1=[C]([Zr+2](=[C](c2ccc(C)cc2)c2ccc(C)cc2)[c]2cccc3c2Cc2ccccc2-3)C(C)C=C1C(C)(C)C.[Cl-].[Cl-]. The molecule has 0 bridgehead atoms. The predicted octanol–water partition coefficient (Wildman–Crippen LogP) is 3.29. The molecule has 214 valence electrons. The number of aryl methyl sites for hydroxylation is 2. The smallest absolute Gasteiger partial charge is 1.00 e. The van der Waals surface area contributed by atoms with Gasteiger partial charge in [0.15, 0.2) is 0 Å². The van der Waals surface area contributed by atoms with Crippen molar-refractivity contribution in [2.24, 2.45) is 11.3 Å². The predicted molar refractivity (Wildman–Crippen MR) is 169 cm³/mol. The molecule has 0 spiro atoms. The van der Waals surface area contributed by atoms with Gasteiger partial charge >= 0.3 is 250 Å². The molecule has 4 aromatic rings. The average molecular weight is 671 g/mol. The van der Waals surface area contributed by atoms with E-state index in [0.29, 0.717) is 5.92 Å². The molecule has 0 saturated heterocycles. The van der Waals surface area contributed by atoms with Gasteiger partial charge in [0.2, 0.25) is 0 Å². The van der Waals surface area contributed by atoms with Crippen molar-refractivity contribution in [3.05, 3.63) is 145 Å². The van der Waals surface area contributed by atoms with Crippen molar-refractivity contribution < 1.29 is 46.1 Å². The Labute approximate surface area is 273 Å². The van der Waals surface area contributed by atoms with Crippen molar-refractivity contribution in [2.45, 2.75) is 54.9 Å². The summed E-state index contributed by atoms with van der Waals surface area (Å²) in [7, 11) is 0. The summed E-state index contributed by atoms with van der Waals surface area (Å²) in [5.41, 5.74) is 14.6. The van der Waals surface area contributed by atoms with Gasteiger partial charge in [0, 0.05) is 0 Å². The van der Waals surface area contributed by atoms with E-state index in [2.05, 4.69) is 146 Å². The standard InChI is InChI=1S/C15H14.C13H9.C11H17.2ClH.Zr/c1-12-3-7-14(8-4-12)11-15-9-5-13(2)6-10-15;1-3-7-12-10(5-1)9-11-6-2-4-8-13(11)12;1-8-6-9(2)10(7-8)11(3,4)5;;;/h3-10H,1-2H3;1-5,7-8H,9H2;7-8H,1-5H3;2*1H;/q;;;;;+2/p-2. The fourth-order valence-electron chi connectivity index (χ4n) is 6.87. The van der Waals surface area contributed by atoms with Gasteiger partial charge in [0.25, 0.3) is 0 Å². The maximum absolute atomic E-state index is 2.76. The molecule has 0 nitrogen and oxygen atoms in total. The molecule has 0 heterocycles. The molecule has 0 amide bonds. The Balaban J connectivity index is 0.00000202. The van der Waals surface area contributed by atoms with E-state index in [1.165, 1.54) is 44.5 Å². The first-order chi connectivity index (χ1) is 19.1. The number of hydrogen-bond acceptors (Lipinski definition) is 0. The van der Waals surface area contributed by atoms with Crippen molar-refractivity contribution in [1.82, 2.24) is 0 Å². The number of rotatable bonds is 4. The van der Waals surface area contributed by atoms with Gasteiger partial charge in [-0.05, 0) is 0 Å². The Hall–Kier alpha value is -2.31. The fourth-order valence-corrected chi connectivity index (χ4v) is 15.7. The van der Waals surface area contributed by atoms with Crippen molar-refractivity contribution >= 4 is 6.48 Å². The molecular weight excluding hydrogens is 631 g/mol. The van der Waals surface area contributed by atoms with E-state index < -0.39 is 21.3 Å². The molecule has 0 radical (unpaired) electrons. The monoisotopic (exact) mass is 668 g/mol. The maximum Gasteiger partial charge on any atom is -1.00 e. The topological polar surface area (TPSA) is 0 Å². The van der Waals surface area contributed by atoms with Gasteiger partial charge in [-0.15, -0.1) is 0 Å². The van der Waals surface area contributed by atoms with Gasteiger partial charge in [0.1, 0.15) is 0 Å². The van der Waals surface area contributed by atoms with Gasteiger partial charge in [-0.2, -0.15) is 0 Å². The summed E-state index contributed by atoms with van der Waals surface area (Å²) in [6.07, 6.45) is 3.63. The summed E-state index contributed by atoms with van der Waals surface area (Å²) in [5, 5.41) is 0. The van der Waals surface area contributed by atoms with Crippen LogP contribution in [0.5, 0.6) is 0 Å². The van der Waals surface area contributed by atoms with Crippen LogP contribution in [-0.2, 0) is 27.7 Å². The van der Waals surface area contributed by atoms with Crippen LogP contribution < -0.4 is 28.1 Å². The number of benzene rings is 4. The van der Waals surface area contributed by atoms with Crippen LogP contribution >= 0.6 is 0 Å². The van der Waals surface area contributed by atoms with E-state index in [0.717, 1.165) is 6.42 Å². The Morgan fingerprint density at radius 1 is 0.690 bits per heavy atom. The molecule has 1 atom stereocenters. The largest absolute Gasteiger partial charge is 1.00 e. The third kappa shape index (κ3) is 5.91. The average Bonchev–Trinajstić information content (AvgIpc) is 3.46. The fraction of sp³-hybridized carbons (Fsp3) is 0.256. The van der Waals surface area contributed by atoms with Crippen LogP contribution in [0.3, 0.4) is 0 Å². The summed E-state index contributed by atoms with van der Waals surface area (Å²) in [6, 6.07) is 35.0. The summed E-state index contributed by atoms with van der Waals surface area (Å²) in [5.74, 6) is 0.453. The second-order valence-electron chi connectivity index (χ2n) is 12.8. The normalized spacial score (nSPS) is 15.1. The van der Waals surface area contributed by atoms with E-state index in [4.69, 9.17) is 0 Å². The molecule has 42 heavy (non-hydrogen) atoms. The zero-order chi connectivity index (χ0) is 28.2. The first kappa shape index (κ1) is 32.6. The van der Waals surface area contributed by atoms with E-state index >= 15 is 0 Å². The zero-order valence-corrected chi connectivity index (χ0v) is 29.7. The van der Waals surface area contributed by atoms with Crippen LogP contribution in [0, 0.1) is 25.2 Å². The number of fused-ring (bicyclic) bond motifs is 3. The Kier molecular flexibility index (Phi) is 9.89. The van der Waals surface area contributed by atoms with Gasteiger partial charge in [-0.1, -0.05) is 0 Å². The Morgan fingerprint density at radius 3 is 1.79 bits per heavy atom. The van der Waals surface area contributed by atoms with Crippen LogP contribution in [0.25, 0.3) is 11.1 Å². The Bertz CT molecular complexity index is 1660. The van der Waals surface area contributed by atoms with Crippen LogP contribution in [-0.4, -0.2) is 3.21 Å². The second kappa shape index (κ2) is 12.7. The molecule has 0 aromatic heterocycles. The van der Waals surface area contributed by atoms with E-state index in [1.54, 1.807) is 20.9 Å². The van der Waals surface area contributed by atoms with Crippen molar-refractivity contribution in [3.63, 3.8) is 0 Å². The number of allylic oxidation sites excluding steroid dienone is 4. The summed E-state index contributed by atoms with van der Waals surface area (Å²) < 4.78 is 5.00. The second-order valence-corrected chi connectivity index (χ2v) is 18.5. The number of halogens is 2. The third-order valence-electron chi connectivity index (χ3n) is 8.81. The molecule has 4 aromatic carbocycles. The summed E-state index contributed by atoms with van der Waals surface area (Å²) in [6.45, 7) is 16.4. The summed E-state index contributed by atoms with van der Waals surface area (Å²) >= 11 is -2.76.